The summed E-state index contributed by atoms with van der Waals surface area (Å²) < 4.78 is 13.0. The van der Waals surface area contributed by atoms with Crippen molar-refractivity contribution in [2.24, 2.45) is 0 Å². The highest BCUT2D eigenvalue weighted by molar-refractivity contribution is 6.36. The van der Waals surface area contributed by atoms with Gasteiger partial charge in [0.1, 0.15) is 5.82 Å². The Morgan fingerprint density at radius 3 is 2.63 bits per heavy atom. The highest BCUT2D eigenvalue weighted by Gasteiger charge is 2.10. The smallest absolute Gasteiger partial charge is 0.253 e. The largest absolute Gasteiger partial charge is 0.348 e. The molecule has 0 saturated carbocycles. The van der Waals surface area contributed by atoms with E-state index in [0.29, 0.717) is 16.1 Å². The second-order valence-electron chi connectivity index (χ2n) is 3.94. The van der Waals surface area contributed by atoms with Crippen LogP contribution >= 0.6 is 23.2 Å². The summed E-state index contributed by atoms with van der Waals surface area (Å²) in [6.07, 6.45) is 0. The predicted octanol–water partition coefficient (Wildman–Crippen LogP) is 4.06. The molecule has 0 aliphatic rings. The SMILES string of the molecule is O=C(NCc1cccc(F)c1)c1ccc(Cl)cc1Cl. The summed E-state index contributed by atoms with van der Waals surface area (Å²) >= 11 is 11.7. The number of amides is 1. The maximum Gasteiger partial charge on any atom is 0.253 e. The van der Waals surface area contributed by atoms with Gasteiger partial charge in [0, 0.05) is 11.6 Å². The molecule has 2 rings (SSSR count). The van der Waals surface area contributed by atoms with E-state index in [9.17, 15) is 9.18 Å². The van der Waals surface area contributed by atoms with Gasteiger partial charge in [0.05, 0.1) is 10.6 Å². The van der Waals surface area contributed by atoms with Gasteiger partial charge in [-0.3, -0.25) is 4.79 Å². The molecule has 0 saturated heterocycles. The summed E-state index contributed by atoms with van der Waals surface area (Å²) in [6, 6.07) is 10.7. The molecule has 0 aliphatic carbocycles. The van der Waals surface area contributed by atoms with Crippen molar-refractivity contribution in [3.8, 4) is 0 Å². The van der Waals surface area contributed by atoms with E-state index in [1.165, 1.54) is 18.2 Å². The molecular weight excluding hydrogens is 288 g/mol. The lowest BCUT2D eigenvalue weighted by Gasteiger charge is -2.07. The zero-order valence-electron chi connectivity index (χ0n) is 9.79. The summed E-state index contributed by atoms with van der Waals surface area (Å²) in [5.74, 6) is -0.665. The molecule has 0 spiro atoms. The normalized spacial score (nSPS) is 10.3. The molecule has 1 N–H and O–H groups in total. The van der Waals surface area contributed by atoms with Gasteiger partial charge >= 0.3 is 0 Å². The minimum absolute atomic E-state index is 0.232. The molecule has 0 aliphatic heterocycles. The van der Waals surface area contributed by atoms with Crippen LogP contribution in [0.5, 0.6) is 0 Å². The monoisotopic (exact) mass is 297 g/mol. The second-order valence-corrected chi connectivity index (χ2v) is 4.78. The molecule has 0 aromatic heterocycles. The molecule has 0 bridgehead atoms. The van der Waals surface area contributed by atoms with E-state index in [2.05, 4.69) is 5.32 Å². The van der Waals surface area contributed by atoms with E-state index >= 15 is 0 Å². The molecule has 5 heteroatoms. The fourth-order valence-corrected chi connectivity index (χ4v) is 2.09. The summed E-state index contributed by atoms with van der Waals surface area (Å²) in [6.45, 7) is 0.232. The van der Waals surface area contributed by atoms with Crippen molar-refractivity contribution < 1.29 is 9.18 Å². The quantitative estimate of drug-likeness (QED) is 0.909. The molecule has 2 aromatic rings. The van der Waals surface area contributed by atoms with E-state index in [0.717, 1.165) is 0 Å². The van der Waals surface area contributed by atoms with Gasteiger partial charge < -0.3 is 5.32 Å². The van der Waals surface area contributed by atoms with Gasteiger partial charge in [-0.25, -0.2) is 4.39 Å². The van der Waals surface area contributed by atoms with Crippen molar-refractivity contribution in [1.29, 1.82) is 0 Å². The predicted molar refractivity (Wildman–Crippen MR) is 74.0 cm³/mol. The fourth-order valence-electron chi connectivity index (χ4n) is 1.60. The fraction of sp³-hybridized carbons (Fsp3) is 0.0714. The van der Waals surface area contributed by atoms with Crippen LogP contribution in [0.25, 0.3) is 0 Å². The zero-order chi connectivity index (χ0) is 13.8. The third-order valence-corrected chi connectivity index (χ3v) is 3.07. The number of hydrogen-bond donors (Lipinski definition) is 1. The Morgan fingerprint density at radius 1 is 1.16 bits per heavy atom. The second kappa shape index (κ2) is 6.04. The van der Waals surface area contributed by atoms with Crippen LogP contribution in [0.1, 0.15) is 15.9 Å². The number of halogens is 3. The number of rotatable bonds is 3. The molecule has 98 valence electrons. The van der Waals surface area contributed by atoms with Gasteiger partial charge in [0.2, 0.25) is 0 Å². The average molecular weight is 298 g/mol. The molecule has 0 radical (unpaired) electrons. The van der Waals surface area contributed by atoms with E-state index in [1.54, 1.807) is 24.3 Å². The van der Waals surface area contributed by atoms with Gasteiger partial charge in [-0.1, -0.05) is 35.3 Å². The standard InChI is InChI=1S/C14H10Cl2FNO/c15-10-4-5-12(13(16)7-10)14(19)18-8-9-2-1-3-11(17)6-9/h1-7H,8H2,(H,18,19). The minimum Gasteiger partial charge on any atom is -0.348 e. The number of hydrogen-bond acceptors (Lipinski definition) is 1. The summed E-state index contributed by atoms with van der Waals surface area (Å²) in [5, 5.41) is 3.42. The Labute approximate surface area is 120 Å². The van der Waals surface area contributed by atoms with Crippen molar-refractivity contribution in [1.82, 2.24) is 5.32 Å². The molecular formula is C14H10Cl2FNO. The molecule has 19 heavy (non-hydrogen) atoms. The van der Waals surface area contributed by atoms with Crippen LogP contribution in [-0.4, -0.2) is 5.91 Å². The van der Waals surface area contributed by atoms with Crippen molar-refractivity contribution in [2.75, 3.05) is 0 Å². The first-order valence-corrected chi connectivity index (χ1v) is 6.29. The van der Waals surface area contributed by atoms with Crippen molar-refractivity contribution in [3.05, 3.63) is 69.5 Å². The van der Waals surface area contributed by atoms with Crippen molar-refractivity contribution >= 4 is 29.1 Å². The number of carbonyl (C=O) groups is 1. The van der Waals surface area contributed by atoms with Crippen LogP contribution in [0.15, 0.2) is 42.5 Å². The molecule has 0 fully saturated rings. The van der Waals surface area contributed by atoms with E-state index in [4.69, 9.17) is 23.2 Å². The maximum absolute atomic E-state index is 13.0. The van der Waals surface area contributed by atoms with E-state index in [-0.39, 0.29) is 23.3 Å². The highest BCUT2D eigenvalue weighted by Crippen LogP contribution is 2.20. The summed E-state index contributed by atoms with van der Waals surface area (Å²) in [5.41, 5.74) is 1.01. The molecule has 2 nitrogen and oxygen atoms in total. The van der Waals surface area contributed by atoms with E-state index < -0.39 is 0 Å². The number of carbonyl (C=O) groups excluding carboxylic acids is 1. The Hall–Kier alpha value is -1.58. The third-order valence-electron chi connectivity index (χ3n) is 2.52. The molecule has 2 aromatic carbocycles. The first kappa shape index (κ1) is 13.8. The Morgan fingerprint density at radius 2 is 1.95 bits per heavy atom. The van der Waals surface area contributed by atoms with Gasteiger partial charge in [-0.05, 0) is 35.9 Å². The first-order valence-electron chi connectivity index (χ1n) is 5.54. The molecule has 0 heterocycles. The van der Waals surface area contributed by atoms with Gasteiger partial charge in [0.25, 0.3) is 5.91 Å². The van der Waals surface area contributed by atoms with Crippen LogP contribution in [0, 0.1) is 5.82 Å². The summed E-state index contributed by atoms with van der Waals surface area (Å²) in [7, 11) is 0. The first-order chi connectivity index (χ1) is 9.06. The Kier molecular flexibility index (Phi) is 4.40. The minimum atomic E-state index is -0.337. The lowest BCUT2D eigenvalue weighted by atomic mass is 10.2. The zero-order valence-corrected chi connectivity index (χ0v) is 11.3. The van der Waals surface area contributed by atoms with E-state index in [1.807, 2.05) is 0 Å². The van der Waals surface area contributed by atoms with Crippen LogP contribution in [-0.2, 0) is 6.54 Å². The lowest BCUT2D eigenvalue weighted by Crippen LogP contribution is -2.23. The molecule has 0 unspecified atom stereocenters. The van der Waals surface area contributed by atoms with Gasteiger partial charge in [-0.2, -0.15) is 0 Å². The van der Waals surface area contributed by atoms with Crippen LogP contribution in [0.4, 0.5) is 4.39 Å². The van der Waals surface area contributed by atoms with Crippen LogP contribution in [0.3, 0.4) is 0 Å². The number of nitrogens with one attached hydrogen (secondary N) is 1. The van der Waals surface area contributed by atoms with Crippen LogP contribution < -0.4 is 5.32 Å². The lowest BCUT2D eigenvalue weighted by molar-refractivity contribution is 0.0951. The van der Waals surface area contributed by atoms with Crippen LogP contribution in [0.2, 0.25) is 10.0 Å². The van der Waals surface area contributed by atoms with Gasteiger partial charge in [0.15, 0.2) is 0 Å². The van der Waals surface area contributed by atoms with Crippen molar-refractivity contribution in [3.63, 3.8) is 0 Å². The average Bonchev–Trinajstić information content (AvgIpc) is 2.36. The topological polar surface area (TPSA) is 29.1 Å². The third kappa shape index (κ3) is 3.69. The maximum atomic E-state index is 13.0. The van der Waals surface area contributed by atoms with Gasteiger partial charge in [-0.15, -0.1) is 0 Å². The molecule has 0 atom stereocenters. The Balaban J connectivity index is 2.05. The molecule has 1 amide bonds. The van der Waals surface area contributed by atoms with Crippen molar-refractivity contribution in [2.45, 2.75) is 6.54 Å². The summed E-state index contributed by atoms with van der Waals surface area (Å²) in [4.78, 5) is 11.9. The number of benzene rings is 2. The highest BCUT2D eigenvalue weighted by atomic mass is 35.5. The Bertz CT molecular complexity index is 616.